The number of pyridine rings is 1. The zero-order valence-electron chi connectivity index (χ0n) is 24.4. The number of carbonyl (C=O) groups excluding carboxylic acids is 1. The zero-order valence-corrected chi connectivity index (χ0v) is 25.2. The highest BCUT2D eigenvalue weighted by atomic mass is 32.1. The summed E-state index contributed by atoms with van der Waals surface area (Å²) in [6, 6.07) is 4.51. The topological polar surface area (TPSA) is 79.1 Å². The Morgan fingerprint density at radius 1 is 1.22 bits per heavy atom. The van der Waals surface area contributed by atoms with Crippen LogP contribution in [0.25, 0.3) is 37.1 Å². The van der Waals surface area contributed by atoms with E-state index in [2.05, 4.69) is 26.3 Å². The largest absolute Gasteiger partial charge is 0.461 e. The summed E-state index contributed by atoms with van der Waals surface area (Å²) in [5.74, 6) is -0.987. The van der Waals surface area contributed by atoms with Crippen LogP contribution in [0.5, 0.6) is 6.01 Å². The average molecular weight is 634 g/mol. The van der Waals surface area contributed by atoms with Crippen molar-refractivity contribution < 1.29 is 22.7 Å². The predicted octanol–water partition coefficient (Wildman–Crippen LogP) is 5.26. The quantitative estimate of drug-likeness (QED) is 0.203. The third kappa shape index (κ3) is 5.06. The normalized spacial score (nSPS) is 23.4. The fraction of sp³-hybridized carbons (Fsp3) is 0.406. The van der Waals surface area contributed by atoms with E-state index in [1.54, 1.807) is 23.1 Å². The summed E-state index contributed by atoms with van der Waals surface area (Å²) in [4.78, 5) is 35.4. The van der Waals surface area contributed by atoms with Gasteiger partial charge >= 0.3 is 6.01 Å². The van der Waals surface area contributed by atoms with Crippen molar-refractivity contribution >= 4 is 44.1 Å². The number of hydrogen-bond acceptors (Lipinski definition) is 8. The first-order valence-electron chi connectivity index (χ1n) is 14.9. The first-order chi connectivity index (χ1) is 21.8. The monoisotopic (exact) mass is 633 g/mol. The van der Waals surface area contributed by atoms with Gasteiger partial charge in [0.05, 0.1) is 10.9 Å². The second-order valence-corrected chi connectivity index (χ2v) is 12.7. The number of ether oxygens (including phenoxy) is 1. The van der Waals surface area contributed by atoms with Gasteiger partial charge < -0.3 is 19.4 Å². The van der Waals surface area contributed by atoms with Gasteiger partial charge in [0.15, 0.2) is 5.82 Å². The minimum Gasteiger partial charge on any atom is -0.461 e. The molecule has 13 heteroatoms. The number of rotatable bonds is 7. The molecule has 1 amide bonds. The van der Waals surface area contributed by atoms with Crippen LogP contribution >= 0.6 is 11.3 Å². The second kappa shape index (κ2) is 11.6. The van der Waals surface area contributed by atoms with Crippen molar-refractivity contribution in [2.45, 2.75) is 37.0 Å². The number of thiophene rings is 1. The van der Waals surface area contributed by atoms with Gasteiger partial charge in [-0.15, -0.1) is 11.3 Å². The molecular formula is C32H30F3N7O2S. The smallest absolute Gasteiger partial charge is 0.319 e. The molecule has 45 heavy (non-hydrogen) atoms. The number of aromatic nitrogens is 3. The predicted molar refractivity (Wildman–Crippen MR) is 166 cm³/mol. The molecule has 6 heterocycles. The summed E-state index contributed by atoms with van der Waals surface area (Å²) in [5.41, 5.74) is -0.0150. The molecule has 0 radical (unpaired) electrons. The van der Waals surface area contributed by atoms with Crippen LogP contribution in [-0.2, 0) is 4.79 Å². The van der Waals surface area contributed by atoms with Crippen LogP contribution in [0.2, 0.25) is 0 Å². The molecule has 232 valence electrons. The van der Waals surface area contributed by atoms with E-state index in [9.17, 15) is 13.6 Å². The summed E-state index contributed by atoms with van der Waals surface area (Å²) in [6.07, 6.45) is 3.88. The Balaban J connectivity index is 1.32. The Hall–Kier alpha value is -4.28. The van der Waals surface area contributed by atoms with E-state index in [0.29, 0.717) is 52.9 Å². The number of alkyl halides is 1. The number of anilines is 1. The molecule has 0 bridgehead atoms. The summed E-state index contributed by atoms with van der Waals surface area (Å²) in [6.45, 7) is 13.4. The fourth-order valence-corrected chi connectivity index (χ4v) is 8.02. The molecule has 0 N–H and O–H groups in total. The van der Waals surface area contributed by atoms with Gasteiger partial charge in [-0.1, -0.05) is 24.8 Å². The first kappa shape index (κ1) is 29.4. The van der Waals surface area contributed by atoms with Gasteiger partial charge in [-0.3, -0.25) is 14.7 Å². The molecule has 0 spiro atoms. The molecule has 4 aromatic rings. The third-order valence-electron chi connectivity index (χ3n) is 9.22. The lowest BCUT2D eigenvalue weighted by Gasteiger charge is -2.39. The van der Waals surface area contributed by atoms with Crippen molar-refractivity contribution in [2.75, 3.05) is 50.8 Å². The van der Waals surface area contributed by atoms with E-state index in [1.165, 1.54) is 29.0 Å². The van der Waals surface area contributed by atoms with E-state index < -0.39 is 23.6 Å². The first-order valence-corrected chi connectivity index (χ1v) is 15.8. The summed E-state index contributed by atoms with van der Waals surface area (Å²) < 4.78 is 52.2. The number of nitrogens with zero attached hydrogens (tertiary/aromatic N) is 7. The van der Waals surface area contributed by atoms with Gasteiger partial charge in [0.25, 0.3) is 0 Å². The highest BCUT2D eigenvalue weighted by Gasteiger charge is 2.49. The Kier molecular flexibility index (Phi) is 7.57. The molecule has 3 aliphatic rings. The van der Waals surface area contributed by atoms with Gasteiger partial charge in [-0.2, -0.15) is 9.97 Å². The second-order valence-electron chi connectivity index (χ2n) is 11.8. The highest BCUT2D eigenvalue weighted by Crippen LogP contribution is 2.41. The number of hydrogen-bond donors (Lipinski definition) is 0. The zero-order chi connectivity index (χ0) is 31.3. The number of piperazine rings is 1. The Morgan fingerprint density at radius 2 is 2.09 bits per heavy atom. The van der Waals surface area contributed by atoms with E-state index in [0.717, 1.165) is 19.4 Å². The van der Waals surface area contributed by atoms with Crippen LogP contribution in [0.1, 0.15) is 19.3 Å². The van der Waals surface area contributed by atoms with Crippen LogP contribution in [0, 0.1) is 18.2 Å². The fourth-order valence-electron chi connectivity index (χ4n) is 7.09. The molecular weight excluding hydrogens is 603 g/mol. The number of fused-ring (bicyclic) bond motifs is 3. The van der Waals surface area contributed by atoms with E-state index in [4.69, 9.17) is 16.3 Å². The maximum atomic E-state index is 16.6. The molecule has 3 aliphatic heterocycles. The van der Waals surface area contributed by atoms with Crippen LogP contribution in [0.15, 0.2) is 42.4 Å². The van der Waals surface area contributed by atoms with Crippen LogP contribution in [0.4, 0.5) is 19.0 Å². The minimum absolute atomic E-state index is 0.0177. The standard InChI is InChI=1S/C32H30F3N7O2S/c1-3-25(43)42-11-10-40(16-20(42)13-36-2)30-23-14-37-27(22-7-4-6-21-24(34)17-45-29(21)22)26(35)28(23)38-31(39-30)44-18-32-8-5-9-41(32)15-19(33)12-32/h3-4,6-7,14,17,19-20H,1,5,8-13,15-16,18H2/t19-,20+,32+/m1/s1. The van der Waals surface area contributed by atoms with Crippen molar-refractivity contribution in [1.29, 1.82) is 0 Å². The molecule has 7 rings (SSSR count). The maximum Gasteiger partial charge on any atom is 0.319 e. The van der Waals surface area contributed by atoms with Crippen molar-refractivity contribution in [3.05, 3.63) is 65.5 Å². The number of benzene rings is 1. The minimum atomic E-state index is -0.938. The Morgan fingerprint density at radius 3 is 2.91 bits per heavy atom. The van der Waals surface area contributed by atoms with Crippen LogP contribution in [0.3, 0.4) is 0 Å². The highest BCUT2D eigenvalue weighted by molar-refractivity contribution is 7.17. The number of amides is 1. The lowest BCUT2D eigenvalue weighted by Crippen LogP contribution is -2.56. The average Bonchev–Trinajstić information content (AvgIpc) is 3.71. The lowest BCUT2D eigenvalue weighted by molar-refractivity contribution is -0.128. The summed E-state index contributed by atoms with van der Waals surface area (Å²) >= 11 is 1.17. The third-order valence-corrected chi connectivity index (χ3v) is 10.2. The molecule has 3 aromatic heterocycles. The Bertz CT molecular complexity index is 1860. The molecule has 0 saturated carbocycles. The van der Waals surface area contributed by atoms with Crippen molar-refractivity contribution in [3.8, 4) is 17.3 Å². The van der Waals surface area contributed by atoms with Crippen molar-refractivity contribution in [2.24, 2.45) is 0 Å². The molecule has 1 aromatic carbocycles. The van der Waals surface area contributed by atoms with Gasteiger partial charge in [-0.25, -0.2) is 19.7 Å². The van der Waals surface area contributed by atoms with Gasteiger partial charge in [0, 0.05) is 59.8 Å². The maximum absolute atomic E-state index is 16.6. The number of carbonyl (C=O) groups is 1. The van der Waals surface area contributed by atoms with Gasteiger partial charge in [0.2, 0.25) is 12.5 Å². The molecule has 3 saturated heterocycles. The molecule has 3 atom stereocenters. The van der Waals surface area contributed by atoms with E-state index in [1.807, 2.05) is 4.90 Å². The lowest BCUT2D eigenvalue weighted by atomic mass is 9.95. The van der Waals surface area contributed by atoms with Crippen LogP contribution in [-0.4, -0.2) is 94.3 Å². The molecule has 0 unspecified atom stereocenters. The van der Waals surface area contributed by atoms with E-state index in [-0.39, 0.29) is 48.6 Å². The van der Waals surface area contributed by atoms with Gasteiger partial charge in [0.1, 0.15) is 41.7 Å². The Labute approximate surface area is 261 Å². The summed E-state index contributed by atoms with van der Waals surface area (Å²) in [7, 11) is 0. The number of halogens is 3. The van der Waals surface area contributed by atoms with Crippen molar-refractivity contribution in [1.82, 2.24) is 24.8 Å². The van der Waals surface area contributed by atoms with Crippen LogP contribution < -0.4 is 9.64 Å². The van der Waals surface area contributed by atoms with E-state index >= 15 is 4.39 Å². The van der Waals surface area contributed by atoms with Crippen molar-refractivity contribution in [3.63, 3.8) is 0 Å². The SMILES string of the molecule is [C-]#[N+]C[C@H]1CN(c2nc(OC[C@@]34CCCN3C[C@H](F)C4)nc3c(F)c(-c4cccc5c(F)csc45)ncc23)CCN1C(=O)C=C. The molecule has 3 fully saturated rings. The molecule has 0 aliphatic carbocycles. The molecule has 9 nitrogen and oxygen atoms in total. The van der Waals surface area contributed by atoms with Gasteiger partial charge in [-0.05, 0) is 25.5 Å². The summed E-state index contributed by atoms with van der Waals surface area (Å²) in [5, 5.41) is 2.10.